The van der Waals surface area contributed by atoms with Crippen LogP contribution in [0.1, 0.15) is 34.5 Å². The highest BCUT2D eigenvalue weighted by Crippen LogP contribution is 2.23. The molecule has 0 aromatic heterocycles. The van der Waals surface area contributed by atoms with Crippen molar-refractivity contribution in [3.63, 3.8) is 0 Å². The Morgan fingerprint density at radius 1 is 1.03 bits per heavy atom. The third kappa shape index (κ3) is 6.65. The number of carbonyl (C=O) groups is 1. The second kappa shape index (κ2) is 11.4. The number of sulfone groups is 1. The average molecular weight is 488 g/mol. The number of hydrogen-bond donors (Lipinski definition) is 2. The lowest BCUT2D eigenvalue weighted by atomic mass is 10.1. The van der Waals surface area contributed by atoms with Crippen molar-refractivity contribution in [3.05, 3.63) is 94.5 Å². The molecule has 0 aliphatic carbocycles. The maximum absolute atomic E-state index is 13.1. The molecule has 174 valence electrons. The van der Waals surface area contributed by atoms with Crippen molar-refractivity contribution in [1.82, 2.24) is 5.32 Å². The fourth-order valence-corrected chi connectivity index (χ4v) is 4.89. The number of hydrogen-bond acceptors (Lipinski definition) is 6. The van der Waals surface area contributed by atoms with Gasteiger partial charge in [0.15, 0.2) is 0 Å². The molecule has 0 saturated carbocycles. The summed E-state index contributed by atoms with van der Waals surface area (Å²) in [7, 11) is -3.80. The van der Waals surface area contributed by atoms with Crippen LogP contribution in [0.2, 0.25) is 5.02 Å². The average Bonchev–Trinajstić information content (AvgIpc) is 2.82. The van der Waals surface area contributed by atoms with Crippen molar-refractivity contribution in [2.45, 2.75) is 29.2 Å². The Balaban J connectivity index is 1.64. The quantitative estimate of drug-likeness (QED) is 0.328. The molecule has 0 bridgehead atoms. The zero-order chi connectivity index (χ0) is 23.8. The van der Waals surface area contributed by atoms with E-state index in [1.165, 1.54) is 30.3 Å². The van der Waals surface area contributed by atoms with Crippen LogP contribution in [0.5, 0.6) is 0 Å². The Morgan fingerprint density at radius 2 is 1.73 bits per heavy atom. The van der Waals surface area contributed by atoms with Crippen molar-refractivity contribution in [1.29, 1.82) is 0 Å². The lowest BCUT2D eigenvalue weighted by molar-refractivity contribution is 0.0526. The third-order valence-corrected chi connectivity index (χ3v) is 7.01. The molecule has 6 nitrogen and oxygen atoms in total. The van der Waals surface area contributed by atoms with Crippen molar-refractivity contribution in [2.75, 3.05) is 19.7 Å². The summed E-state index contributed by atoms with van der Waals surface area (Å²) < 4.78 is 31.2. The second-order valence-corrected chi connectivity index (χ2v) is 9.81. The number of aliphatic hydroxyl groups is 1. The molecule has 0 aliphatic heterocycles. The number of carbonyl (C=O) groups excluding carboxylic acids is 1. The van der Waals surface area contributed by atoms with Gasteiger partial charge in [-0.15, -0.1) is 0 Å². The Hall–Kier alpha value is -2.71. The summed E-state index contributed by atoms with van der Waals surface area (Å²) in [6.45, 7) is 2.80. The maximum atomic E-state index is 13.1. The van der Waals surface area contributed by atoms with Crippen LogP contribution in [0.4, 0.5) is 0 Å². The molecule has 8 heteroatoms. The van der Waals surface area contributed by atoms with Crippen LogP contribution in [0.15, 0.2) is 82.6 Å². The Morgan fingerprint density at radius 3 is 2.45 bits per heavy atom. The van der Waals surface area contributed by atoms with Gasteiger partial charge in [0.25, 0.3) is 0 Å². The molecular weight excluding hydrogens is 462 g/mol. The van der Waals surface area contributed by atoms with Gasteiger partial charge in [0, 0.05) is 11.6 Å². The van der Waals surface area contributed by atoms with Crippen molar-refractivity contribution in [2.24, 2.45) is 0 Å². The minimum atomic E-state index is -3.80. The molecule has 0 saturated heterocycles. The standard InChI is InChI=1S/C25H26ClNO5S/c1-2-32-25(29)20-8-5-11-23(16-20)33(30,31)22-10-3-6-18(14-22)12-13-27-17-24(28)19-7-4-9-21(26)15-19/h3-11,14-16,24,27-28H,2,12-13,17H2,1H3/t24-/m1/s1. The molecule has 3 aromatic carbocycles. The molecule has 0 radical (unpaired) electrons. The van der Waals surface area contributed by atoms with Crippen molar-refractivity contribution < 1.29 is 23.1 Å². The summed E-state index contributed by atoms with van der Waals surface area (Å²) in [5, 5.41) is 14.0. The second-order valence-electron chi connectivity index (χ2n) is 7.42. The van der Waals surface area contributed by atoms with Crippen molar-refractivity contribution in [3.8, 4) is 0 Å². The number of nitrogens with one attached hydrogen (secondary N) is 1. The summed E-state index contributed by atoms with van der Waals surface area (Å²) in [5.41, 5.74) is 1.76. The molecular formula is C25H26ClNO5S. The summed E-state index contributed by atoms with van der Waals surface area (Å²) >= 11 is 5.96. The van der Waals surface area contributed by atoms with E-state index in [0.717, 1.165) is 11.1 Å². The fourth-order valence-electron chi connectivity index (χ4n) is 3.31. The highest BCUT2D eigenvalue weighted by Gasteiger charge is 2.20. The lowest BCUT2D eigenvalue weighted by Crippen LogP contribution is -2.23. The van der Waals surface area contributed by atoms with Gasteiger partial charge >= 0.3 is 5.97 Å². The fraction of sp³-hybridized carbons (Fsp3) is 0.240. The zero-order valence-corrected chi connectivity index (χ0v) is 19.8. The van der Waals surface area contributed by atoms with Crippen LogP contribution in [0.3, 0.4) is 0 Å². The largest absolute Gasteiger partial charge is 0.462 e. The molecule has 0 aliphatic rings. The molecule has 0 amide bonds. The van der Waals surface area contributed by atoms with Gasteiger partial charge in [-0.2, -0.15) is 0 Å². The summed E-state index contributed by atoms with van der Waals surface area (Å²) in [6.07, 6.45) is -0.115. The number of aliphatic hydroxyl groups excluding tert-OH is 1. The number of esters is 1. The van der Waals surface area contributed by atoms with Crippen LogP contribution in [-0.4, -0.2) is 39.2 Å². The minimum Gasteiger partial charge on any atom is -0.462 e. The SMILES string of the molecule is CCOC(=O)c1cccc(S(=O)(=O)c2cccc(CCNC[C@@H](O)c3cccc(Cl)c3)c2)c1. The predicted octanol–water partition coefficient (Wildman–Crippen LogP) is 4.22. The van der Waals surface area contributed by atoms with Gasteiger partial charge in [-0.25, -0.2) is 13.2 Å². The summed E-state index contributed by atoms with van der Waals surface area (Å²) in [4.78, 5) is 12.2. The smallest absolute Gasteiger partial charge is 0.338 e. The van der Waals surface area contributed by atoms with Crippen LogP contribution < -0.4 is 5.32 Å². The van der Waals surface area contributed by atoms with Crippen LogP contribution in [0, 0.1) is 0 Å². The van der Waals surface area contributed by atoms with Gasteiger partial charge in [0.2, 0.25) is 9.84 Å². The Kier molecular flexibility index (Phi) is 8.63. The van der Waals surface area contributed by atoms with E-state index < -0.39 is 21.9 Å². The molecule has 2 N–H and O–H groups in total. The molecule has 0 heterocycles. The lowest BCUT2D eigenvalue weighted by Gasteiger charge is -2.13. The van der Waals surface area contributed by atoms with Crippen LogP contribution in [0.25, 0.3) is 0 Å². The van der Waals surface area contributed by atoms with Crippen LogP contribution in [-0.2, 0) is 21.0 Å². The number of halogens is 1. The first kappa shape index (κ1) is 24.9. The minimum absolute atomic E-state index is 0.0352. The predicted molar refractivity (Wildman–Crippen MR) is 127 cm³/mol. The normalized spacial score (nSPS) is 12.3. The Bertz CT molecular complexity index is 1210. The van der Waals surface area contributed by atoms with E-state index in [1.807, 2.05) is 12.1 Å². The van der Waals surface area contributed by atoms with Crippen molar-refractivity contribution >= 4 is 27.4 Å². The third-order valence-electron chi connectivity index (χ3n) is 5.03. The first-order chi connectivity index (χ1) is 15.8. The summed E-state index contributed by atoms with van der Waals surface area (Å²) in [6, 6.07) is 19.6. The van der Waals surface area contributed by atoms with E-state index >= 15 is 0 Å². The first-order valence-electron chi connectivity index (χ1n) is 10.6. The highest BCUT2D eigenvalue weighted by molar-refractivity contribution is 7.91. The zero-order valence-electron chi connectivity index (χ0n) is 18.2. The summed E-state index contributed by atoms with van der Waals surface area (Å²) in [5.74, 6) is -0.561. The van der Waals surface area contributed by atoms with Gasteiger partial charge in [-0.1, -0.05) is 41.9 Å². The molecule has 0 spiro atoms. The molecule has 33 heavy (non-hydrogen) atoms. The molecule has 3 aromatic rings. The van der Waals surface area contributed by atoms with E-state index in [9.17, 15) is 18.3 Å². The van der Waals surface area contributed by atoms with E-state index in [4.69, 9.17) is 16.3 Å². The first-order valence-corrected chi connectivity index (χ1v) is 12.4. The van der Waals surface area contributed by atoms with E-state index in [-0.39, 0.29) is 22.0 Å². The maximum Gasteiger partial charge on any atom is 0.338 e. The van der Waals surface area contributed by atoms with Gasteiger partial charge in [-0.3, -0.25) is 0 Å². The molecule has 0 fully saturated rings. The topological polar surface area (TPSA) is 92.7 Å². The Labute approximate surface area is 199 Å². The van der Waals surface area contributed by atoms with E-state index in [1.54, 1.807) is 37.3 Å². The number of benzene rings is 3. The van der Waals surface area contributed by atoms with Gasteiger partial charge in [0.05, 0.1) is 28.1 Å². The van der Waals surface area contributed by atoms with Crippen LogP contribution >= 0.6 is 11.6 Å². The monoisotopic (exact) mass is 487 g/mol. The van der Waals surface area contributed by atoms with Gasteiger partial charge in [-0.05, 0) is 73.5 Å². The van der Waals surface area contributed by atoms with E-state index in [0.29, 0.717) is 24.5 Å². The molecule has 3 rings (SSSR count). The van der Waals surface area contributed by atoms with Gasteiger partial charge < -0.3 is 15.2 Å². The number of rotatable bonds is 10. The van der Waals surface area contributed by atoms with Gasteiger partial charge in [0.1, 0.15) is 0 Å². The van der Waals surface area contributed by atoms with E-state index in [2.05, 4.69) is 5.32 Å². The molecule has 0 unspecified atom stereocenters. The number of ether oxygens (including phenoxy) is 1. The molecule has 1 atom stereocenters. The highest BCUT2D eigenvalue weighted by atomic mass is 35.5.